The third-order valence-corrected chi connectivity index (χ3v) is 4.47. The zero-order valence-corrected chi connectivity index (χ0v) is 16.6. The van der Waals surface area contributed by atoms with Crippen molar-refractivity contribution in [2.75, 3.05) is 26.2 Å². The van der Waals surface area contributed by atoms with Gasteiger partial charge in [-0.3, -0.25) is 14.9 Å². The van der Waals surface area contributed by atoms with E-state index in [9.17, 15) is 14.4 Å². The highest BCUT2D eigenvalue weighted by Gasteiger charge is 2.37. The van der Waals surface area contributed by atoms with Gasteiger partial charge in [0.1, 0.15) is 11.3 Å². The Hall–Kier alpha value is -3.52. The number of benzene rings is 2. The van der Waals surface area contributed by atoms with Crippen LogP contribution in [0.25, 0.3) is 6.08 Å². The standard InChI is InChI=1S/C20H17ClN2O6/c1-27-15-10-17(29-3)16(28-2)9-11(15)8-14-18(24)22-20(26)23(19(14)25)13-6-4-12(21)5-7-13/h4-10H,1-3H3,(H,22,24,26)/b14-8+. The highest BCUT2D eigenvalue weighted by molar-refractivity contribution is 6.39. The Morgan fingerprint density at radius 2 is 1.48 bits per heavy atom. The number of amides is 4. The number of carbonyl (C=O) groups is 3. The third kappa shape index (κ3) is 3.88. The van der Waals surface area contributed by atoms with Crippen molar-refractivity contribution in [3.8, 4) is 17.2 Å². The first kappa shape index (κ1) is 20.2. The molecular weight excluding hydrogens is 400 g/mol. The predicted octanol–water partition coefficient (Wildman–Crippen LogP) is 3.03. The van der Waals surface area contributed by atoms with Gasteiger partial charge in [-0.25, -0.2) is 9.69 Å². The van der Waals surface area contributed by atoms with Gasteiger partial charge in [0.05, 0.1) is 27.0 Å². The Morgan fingerprint density at radius 1 is 0.897 bits per heavy atom. The molecule has 0 atom stereocenters. The molecule has 150 valence electrons. The van der Waals surface area contributed by atoms with Gasteiger partial charge in [0.2, 0.25) is 0 Å². The van der Waals surface area contributed by atoms with Crippen LogP contribution in [0, 0.1) is 0 Å². The monoisotopic (exact) mass is 416 g/mol. The van der Waals surface area contributed by atoms with E-state index in [1.807, 2.05) is 0 Å². The van der Waals surface area contributed by atoms with E-state index in [1.54, 1.807) is 12.1 Å². The summed E-state index contributed by atoms with van der Waals surface area (Å²) < 4.78 is 15.8. The average Bonchev–Trinajstić information content (AvgIpc) is 2.71. The molecule has 0 saturated carbocycles. The molecule has 1 fully saturated rings. The second-order valence-corrected chi connectivity index (χ2v) is 6.32. The maximum absolute atomic E-state index is 13.0. The van der Waals surface area contributed by atoms with Crippen LogP contribution in [0.2, 0.25) is 5.02 Å². The van der Waals surface area contributed by atoms with Crippen molar-refractivity contribution < 1.29 is 28.6 Å². The number of imide groups is 2. The van der Waals surface area contributed by atoms with E-state index in [4.69, 9.17) is 25.8 Å². The highest BCUT2D eigenvalue weighted by Crippen LogP contribution is 2.36. The second kappa shape index (κ2) is 8.24. The van der Waals surface area contributed by atoms with Gasteiger partial charge in [-0.05, 0) is 36.4 Å². The number of barbiturate groups is 1. The van der Waals surface area contributed by atoms with E-state index in [0.29, 0.717) is 27.8 Å². The van der Waals surface area contributed by atoms with Crippen LogP contribution in [0.4, 0.5) is 10.5 Å². The van der Waals surface area contributed by atoms with Gasteiger partial charge in [0.15, 0.2) is 11.5 Å². The molecule has 0 spiro atoms. The molecule has 0 aliphatic carbocycles. The van der Waals surface area contributed by atoms with Gasteiger partial charge in [0, 0.05) is 16.7 Å². The van der Waals surface area contributed by atoms with Crippen molar-refractivity contribution in [1.29, 1.82) is 0 Å². The quantitative estimate of drug-likeness (QED) is 0.594. The molecular formula is C20H17ClN2O6. The first-order valence-electron chi connectivity index (χ1n) is 8.36. The van der Waals surface area contributed by atoms with Gasteiger partial charge in [-0.2, -0.15) is 0 Å². The minimum absolute atomic E-state index is 0.245. The van der Waals surface area contributed by atoms with Gasteiger partial charge in [-0.1, -0.05) is 11.6 Å². The first-order chi connectivity index (χ1) is 13.9. The second-order valence-electron chi connectivity index (χ2n) is 5.88. The molecule has 4 amide bonds. The zero-order valence-electron chi connectivity index (χ0n) is 15.8. The third-order valence-electron chi connectivity index (χ3n) is 4.22. The van der Waals surface area contributed by atoms with Crippen LogP contribution in [0.3, 0.4) is 0 Å². The Morgan fingerprint density at radius 3 is 2.07 bits per heavy atom. The molecule has 9 heteroatoms. The Balaban J connectivity index is 2.08. The van der Waals surface area contributed by atoms with Crippen LogP contribution < -0.4 is 24.4 Å². The van der Waals surface area contributed by atoms with Crippen molar-refractivity contribution in [3.63, 3.8) is 0 Å². The van der Waals surface area contributed by atoms with Crippen molar-refractivity contribution in [1.82, 2.24) is 5.32 Å². The number of rotatable bonds is 5. The first-order valence-corrected chi connectivity index (χ1v) is 8.74. The molecule has 1 aliphatic rings. The SMILES string of the molecule is COc1cc(OC)c(OC)cc1/C=C1\C(=O)NC(=O)N(c2ccc(Cl)cc2)C1=O. The normalized spacial score (nSPS) is 15.4. The van der Waals surface area contributed by atoms with E-state index in [2.05, 4.69) is 5.32 Å². The summed E-state index contributed by atoms with van der Waals surface area (Å²) in [5.74, 6) is -0.441. The van der Waals surface area contributed by atoms with Crippen molar-refractivity contribution in [3.05, 3.63) is 52.6 Å². The van der Waals surface area contributed by atoms with E-state index >= 15 is 0 Å². The summed E-state index contributed by atoms with van der Waals surface area (Å²) >= 11 is 5.86. The smallest absolute Gasteiger partial charge is 0.335 e. The predicted molar refractivity (Wildman–Crippen MR) is 107 cm³/mol. The lowest BCUT2D eigenvalue weighted by Crippen LogP contribution is -2.54. The molecule has 0 radical (unpaired) electrons. The van der Waals surface area contributed by atoms with E-state index in [1.165, 1.54) is 51.7 Å². The zero-order chi connectivity index (χ0) is 21.1. The van der Waals surface area contributed by atoms with Crippen LogP contribution in [0.1, 0.15) is 5.56 Å². The van der Waals surface area contributed by atoms with E-state index in [0.717, 1.165) is 4.90 Å². The number of anilines is 1. The molecule has 29 heavy (non-hydrogen) atoms. The fourth-order valence-electron chi connectivity index (χ4n) is 2.80. The number of hydrogen-bond donors (Lipinski definition) is 1. The van der Waals surface area contributed by atoms with Gasteiger partial charge < -0.3 is 14.2 Å². The van der Waals surface area contributed by atoms with Crippen molar-refractivity contribution >= 4 is 41.2 Å². The number of nitrogens with zero attached hydrogens (tertiary/aromatic N) is 1. The molecule has 2 aromatic rings. The highest BCUT2D eigenvalue weighted by atomic mass is 35.5. The fourth-order valence-corrected chi connectivity index (χ4v) is 2.93. The molecule has 0 aromatic heterocycles. The van der Waals surface area contributed by atoms with Crippen LogP contribution in [0.5, 0.6) is 17.2 Å². The maximum atomic E-state index is 13.0. The summed E-state index contributed by atoms with van der Waals surface area (Å²) in [5, 5.41) is 2.61. The van der Waals surface area contributed by atoms with Crippen molar-refractivity contribution in [2.45, 2.75) is 0 Å². The molecule has 8 nitrogen and oxygen atoms in total. The summed E-state index contributed by atoms with van der Waals surface area (Å²) in [6.45, 7) is 0. The van der Waals surface area contributed by atoms with Crippen LogP contribution >= 0.6 is 11.6 Å². The van der Waals surface area contributed by atoms with E-state index < -0.39 is 17.8 Å². The average molecular weight is 417 g/mol. The molecule has 1 saturated heterocycles. The minimum atomic E-state index is -0.848. The van der Waals surface area contributed by atoms with Gasteiger partial charge in [0.25, 0.3) is 11.8 Å². The molecule has 0 bridgehead atoms. The van der Waals surface area contributed by atoms with E-state index in [-0.39, 0.29) is 11.3 Å². The number of nitrogens with one attached hydrogen (secondary N) is 1. The van der Waals surface area contributed by atoms with Crippen LogP contribution in [0.15, 0.2) is 42.0 Å². The molecule has 1 aliphatic heterocycles. The van der Waals surface area contributed by atoms with Gasteiger partial charge in [-0.15, -0.1) is 0 Å². The molecule has 1 N–H and O–H groups in total. The largest absolute Gasteiger partial charge is 0.496 e. The topological polar surface area (TPSA) is 94.2 Å². The van der Waals surface area contributed by atoms with Gasteiger partial charge >= 0.3 is 6.03 Å². The Kier molecular flexibility index (Phi) is 5.74. The number of carbonyl (C=O) groups excluding carboxylic acids is 3. The summed E-state index contributed by atoms with van der Waals surface area (Å²) in [4.78, 5) is 38.4. The number of halogens is 1. The summed E-state index contributed by atoms with van der Waals surface area (Å²) in [7, 11) is 4.37. The molecule has 3 rings (SSSR count). The lowest BCUT2D eigenvalue weighted by Gasteiger charge is -2.26. The number of methoxy groups -OCH3 is 3. The summed E-state index contributed by atoms with van der Waals surface area (Å²) in [6, 6.07) is 8.36. The number of hydrogen-bond acceptors (Lipinski definition) is 6. The lowest BCUT2D eigenvalue weighted by atomic mass is 10.1. The molecule has 0 unspecified atom stereocenters. The summed E-state index contributed by atoms with van der Waals surface area (Å²) in [5.41, 5.74) is 0.425. The number of urea groups is 1. The van der Waals surface area contributed by atoms with Crippen molar-refractivity contribution in [2.24, 2.45) is 0 Å². The van der Waals surface area contributed by atoms with Crippen LogP contribution in [-0.2, 0) is 9.59 Å². The fraction of sp³-hybridized carbons (Fsp3) is 0.150. The summed E-state index contributed by atoms with van der Waals surface area (Å²) in [6.07, 6.45) is 1.33. The minimum Gasteiger partial charge on any atom is -0.496 e. The lowest BCUT2D eigenvalue weighted by molar-refractivity contribution is -0.122. The number of ether oxygens (including phenoxy) is 3. The molecule has 1 heterocycles. The van der Waals surface area contributed by atoms with Crippen LogP contribution in [-0.4, -0.2) is 39.2 Å². The Labute approximate surface area is 171 Å². The Bertz CT molecular complexity index is 1020. The maximum Gasteiger partial charge on any atom is 0.335 e. The molecule has 2 aromatic carbocycles.